The van der Waals surface area contributed by atoms with Crippen LogP contribution in [0.15, 0.2) is 24.3 Å². The predicted octanol–water partition coefficient (Wildman–Crippen LogP) is 3.64. The van der Waals surface area contributed by atoms with E-state index in [1.165, 1.54) is 12.1 Å². The van der Waals surface area contributed by atoms with Crippen molar-refractivity contribution in [2.45, 2.75) is 37.4 Å². The van der Waals surface area contributed by atoms with Crippen LogP contribution in [0.4, 0.5) is 22.0 Å². The van der Waals surface area contributed by atoms with Gasteiger partial charge < -0.3 is 5.32 Å². The monoisotopic (exact) mass is 279 g/mol. The van der Waals surface area contributed by atoms with Crippen LogP contribution >= 0.6 is 0 Å². The second-order valence-corrected chi connectivity index (χ2v) is 4.77. The summed E-state index contributed by atoms with van der Waals surface area (Å²) in [6.45, 7) is 0.925. The normalized spacial score (nSPS) is 20.8. The molecule has 1 aromatic carbocycles. The molecule has 19 heavy (non-hydrogen) atoms. The molecule has 0 radical (unpaired) electrons. The third kappa shape index (κ3) is 3.05. The van der Waals surface area contributed by atoms with Crippen LogP contribution in [0.2, 0.25) is 0 Å². The molecule has 1 fully saturated rings. The first-order valence-electron chi connectivity index (χ1n) is 6.08. The Hall–Kier alpha value is -1.17. The molecule has 1 unspecified atom stereocenters. The molecule has 1 atom stereocenters. The predicted molar refractivity (Wildman–Crippen MR) is 61.1 cm³/mol. The van der Waals surface area contributed by atoms with Crippen molar-refractivity contribution in [3.63, 3.8) is 0 Å². The lowest BCUT2D eigenvalue weighted by atomic mass is 10.0. The molecule has 1 aliphatic heterocycles. The maximum absolute atomic E-state index is 13.1. The summed E-state index contributed by atoms with van der Waals surface area (Å²) >= 11 is 0. The average molecular weight is 279 g/mol. The van der Waals surface area contributed by atoms with E-state index in [2.05, 4.69) is 5.32 Å². The van der Waals surface area contributed by atoms with E-state index < -0.39 is 17.7 Å². The molecule has 0 amide bonds. The van der Waals surface area contributed by atoms with Crippen LogP contribution in [0.5, 0.6) is 0 Å². The van der Waals surface area contributed by atoms with Crippen LogP contribution in [0.1, 0.15) is 24.0 Å². The maximum atomic E-state index is 13.1. The Bertz CT molecular complexity index is 418. The highest BCUT2D eigenvalue weighted by Crippen LogP contribution is 2.43. The molecule has 1 nitrogen and oxygen atoms in total. The number of nitrogens with one attached hydrogen (secondary N) is 1. The van der Waals surface area contributed by atoms with Gasteiger partial charge in [0.05, 0.1) is 0 Å². The van der Waals surface area contributed by atoms with Gasteiger partial charge in [-0.1, -0.05) is 24.3 Å². The topological polar surface area (TPSA) is 12.0 Å². The van der Waals surface area contributed by atoms with Gasteiger partial charge in [0.2, 0.25) is 0 Å². The highest BCUT2D eigenvalue weighted by molar-refractivity contribution is 5.27. The van der Waals surface area contributed by atoms with Crippen molar-refractivity contribution in [3.8, 4) is 0 Å². The molecule has 1 N–H and O–H groups in total. The minimum absolute atomic E-state index is 0.286. The van der Waals surface area contributed by atoms with E-state index in [4.69, 9.17) is 0 Å². The lowest BCUT2D eigenvalue weighted by molar-refractivity contribution is -0.289. The number of rotatable bonds is 3. The van der Waals surface area contributed by atoms with Crippen molar-refractivity contribution >= 4 is 0 Å². The van der Waals surface area contributed by atoms with Gasteiger partial charge in [-0.05, 0) is 31.4 Å². The van der Waals surface area contributed by atoms with E-state index in [1.807, 2.05) is 0 Å². The van der Waals surface area contributed by atoms with Crippen molar-refractivity contribution in [3.05, 3.63) is 35.4 Å². The molecular weight excluding hydrogens is 265 g/mol. The number of hydrogen-bond acceptors (Lipinski definition) is 1. The van der Waals surface area contributed by atoms with Crippen LogP contribution < -0.4 is 5.32 Å². The molecule has 2 rings (SSSR count). The zero-order valence-electron chi connectivity index (χ0n) is 10.1. The Balaban J connectivity index is 2.09. The molecule has 1 saturated heterocycles. The Labute approximate surface area is 107 Å². The summed E-state index contributed by atoms with van der Waals surface area (Å²) < 4.78 is 62.7. The minimum atomic E-state index is -5.55. The van der Waals surface area contributed by atoms with Gasteiger partial charge in [0.15, 0.2) is 0 Å². The summed E-state index contributed by atoms with van der Waals surface area (Å²) in [5.41, 5.74) is -0.246. The second kappa shape index (κ2) is 5.07. The first kappa shape index (κ1) is 14.2. The van der Waals surface area contributed by atoms with Crippen molar-refractivity contribution < 1.29 is 22.0 Å². The van der Waals surface area contributed by atoms with E-state index in [0.717, 1.165) is 37.1 Å². The van der Waals surface area contributed by atoms with Gasteiger partial charge >= 0.3 is 12.1 Å². The van der Waals surface area contributed by atoms with Crippen molar-refractivity contribution in [1.29, 1.82) is 0 Å². The highest BCUT2D eigenvalue weighted by atomic mass is 19.4. The molecule has 0 bridgehead atoms. The molecule has 0 aliphatic carbocycles. The van der Waals surface area contributed by atoms with Gasteiger partial charge in [0.1, 0.15) is 0 Å². The number of halogens is 5. The standard InChI is InChI=1S/C13H14F5N/c14-12(15,13(16,17)18)10-5-3-9(4-6-10)8-11-2-1-7-19-11/h3-6,11,19H,1-2,7-8H2. The van der Waals surface area contributed by atoms with Gasteiger partial charge in [0.25, 0.3) is 0 Å². The van der Waals surface area contributed by atoms with E-state index in [1.54, 1.807) is 0 Å². The Morgan fingerprint density at radius 1 is 1.05 bits per heavy atom. The van der Waals surface area contributed by atoms with Crippen LogP contribution in [-0.2, 0) is 12.3 Å². The smallest absolute Gasteiger partial charge is 0.314 e. The molecule has 0 saturated carbocycles. The van der Waals surface area contributed by atoms with Gasteiger partial charge in [-0.2, -0.15) is 22.0 Å². The molecular formula is C13H14F5N. The number of benzene rings is 1. The number of hydrogen-bond donors (Lipinski definition) is 1. The summed E-state index contributed by atoms with van der Waals surface area (Å²) in [6.07, 6.45) is -2.84. The lowest BCUT2D eigenvalue weighted by Crippen LogP contribution is -2.33. The fourth-order valence-electron chi connectivity index (χ4n) is 2.23. The molecule has 1 aromatic rings. The fourth-order valence-corrected chi connectivity index (χ4v) is 2.23. The van der Waals surface area contributed by atoms with E-state index in [0.29, 0.717) is 6.42 Å². The van der Waals surface area contributed by atoms with Gasteiger partial charge in [0, 0.05) is 11.6 Å². The van der Waals surface area contributed by atoms with Crippen molar-refractivity contribution in [2.75, 3.05) is 6.54 Å². The quantitative estimate of drug-likeness (QED) is 0.833. The minimum Gasteiger partial charge on any atom is -0.314 e. The third-order valence-corrected chi connectivity index (χ3v) is 3.32. The Kier molecular flexibility index (Phi) is 3.80. The van der Waals surface area contributed by atoms with Gasteiger partial charge in [-0.3, -0.25) is 0 Å². The van der Waals surface area contributed by atoms with Crippen LogP contribution in [0.3, 0.4) is 0 Å². The first-order valence-corrected chi connectivity index (χ1v) is 6.08. The van der Waals surface area contributed by atoms with Crippen molar-refractivity contribution in [2.24, 2.45) is 0 Å². The summed E-state index contributed by atoms with van der Waals surface area (Å²) in [6, 6.07) is 4.69. The van der Waals surface area contributed by atoms with E-state index >= 15 is 0 Å². The summed E-state index contributed by atoms with van der Waals surface area (Å²) in [4.78, 5) is 0. The lowest BCUT2D eigenvalue weighted by Gasteiger charge is -2.20. The zero-order chi connectivity index (χ0) is 14.1. The highest BCUT2D eigenvalue weighted by Gasteiger charge is 2.58. The molecule has 1 heterocycles. The fraction of sp³-hybridized carbons (Fsp3) is 0.538. The van der Waals surface area contributed by atoms with Crippen LogP contribution in [0, 0.1) is 0 Å². The largest absolute Gasteiger partial charge is 0.458 e. The second-order valence-electron chi connectivity index (χ2n) is 4.77. The zero-order valence-corrected chi connectivity index (χ0v) is 10.1. The Morgan fingerprint density at radius 3 is 2.16 bits per heavy atom. The molecule has 6 heteroatoms. The molecule has 1 aliphatic rings. The Morgan fingerprint density at radius 2 is 1.68 bits per heavy atom. The molecule has 0 aromatic heterocycles. The van der Waals surface area contributed by atoms with E-state index in [9.17, 15) is 22.0 Å². The van der Waals surface area contributed by atoms with Crippen molar-refractivity contribution in [1.82, 2.24) is 5.32 Å². The number of alkyl halides is 5. The van der Waals surface area contributed by atoms with Crippen LogP contribution in [0.25, 0.3) is 0 Å². The maximum Gasteiger partial charge on any atom is 0.458 e. The summed E-state index contributed by atoms with van der Waals surface area (Å²) in [5.74, 6) is -4.79. The third-order valence-electron chi connectivity index (χ3n) is 3.32. The van der Waals surface area contributed by atoms with Crippen LogP contribution in [-0.4, -0.2) is 18.8 Å². The molecule has 106 valence electrons. The summed E-state index contributed by atoms with van der Waals surface area (Å²) in [7, 11) is 0. The first-order chi connectivity index (χ1) is 8.80. The van der Waals surface area contributed by atoms with Gasteiger partial charge in [-0.25, -0.2) is 0 Å². The average Bonchev–Trinajstić information content (AvgIpc) is 2.81. The van der Waals surface area contributed by atoms with E-state index in [-0.39, 0.29) is 6.04 Å². The van der Waals surface area contributed by atoms with Gasteiger partial charge in [-0.15, -0.1) is 0 Å². The summed E-state index contributed by atoms with van der Waals surface area (Å²) in [5, 5.41) is 3.25. The SMILES string of the molecule is FC(F)(F)C(F)(F)c1ccc(CC2CCCN2)cc1. The molecule has 0 spiro atoms.